The van der Waals surface area contributed by atoms with Crippen molar-refractivity contribution in [3.63, 3.8) is 0 Å². The van der Waals surface area contributed by atoms with Crippen LogP contribution in [0.4, 0.5) is 0 Å². The van der Waals surface area contributed by atoms with Gasteiger partial charge in [-0.3, -0.25) is 9.69 Å². The van der Waals surface area contributed by atoms with Gasteiger partial charge in [0.2, 0.25) is 5.91 Å². The van der Waals surface area contributed by atoms with Gasteiger partial charge in [0.15, 0.2) is 0 Å². The van der Waals surface area contributed by atoms with Crippen molar-refractivity contribution in [3.8, 4) is 0 Å². The Balaban J connectivity index is 2.77. The quantitative estimate of drug-likeness (QED) is 0.837. The van der Waals surface area contributed by atoms with Crippen molar-refractivity contribution in [1.29, 1.82) is 0 Å². The topological polar surface area (TPSA) is 58.4 Å². The highest BCUT2D eigenvalue weighted by Gasteiger charge is 2.19. The Morgan fingerprint density at radius 1 is 1.50 bits per heavy atom. The largest absolute Gasteiger partial charge is 0.355 e. The first-order valence-corrected chi connectivity index (χ1v) is 6.80. The molecule has 1 aromatic carbocycles. The number of carbonyl (C=O) groups is 1. The molecule has 0 saturated carbocycles. The normalized spacial score (nSPS) is 12.5. The molecule has 0 aliphatic rings. The molecule has 0 spiro atoms. The maximum absolute atomic E-state index is 11.6. The van der Waals surface area contributed by atoms with Crippen LogP contribution < -0.4 is 11.1 Å². The number of rotatable bonds is 6. The smallest absolute Gasteiger partial charge is 0.234 e. The Bertz CT molecular complexity index is 398. The van der Waals surface area contributed by atoms with Crippen molar-refractivity contribution >= 4 is 21.8 Å². The van der Waals surface area contributed by atoms with Crippen LogP contribution in [0.1, 0.15) is 18.5 Å². The van der Waals surface area contributed by atoms with Gasteiger partial charge in [-0.1, -0.05) is 34.1 Å². The monoisotopic (exact) mass is 313 g/mol. The summed E-state index contributed by atoms with van der Waals surface area (Å²) in [4.78, 5) is 13.5. The summed E-state index contributed by atoms with van der Waals surface area (Å²) in [5.74, 6) is 0.0190. The van der Waals surface area contributed by atoms with Crippen molar-refractivity contribution in [1.82, 2.24) is 10.2 Å². The molecular weight excluding hydrogens is 294 g/mol. The molecule has 0 fully saturated rings. The zero-order valence-corrected chi connectivity index (χ0v) is 12.4. The third-order valence-electron chi connectivity index (χ3n) is 2.79. The lowest BCUT2D eigenvalue weighted by molar-refractivity contribution is -0.122. The zero-order valence-electron chi connectivity index (χ0n) is 10.8. The average Bonchev–Trinajstić information content (AvgIpc) is 2.32. The molecule has 0 radical (unpaired) electrons. The summed E-state index contributed by atoms with van der Waals surface area (Å²) in [5, 5.41) is 2.79. The van der Waals surface area contributed by atoms with Crippen LogP contribution in [0.15, 0.2) is 28.7 Å². The standard InChI is InChI=1S/C13H20BrN3O/c1-3-16-13(18)9-17(2)12(8-15)10-6-4-5-7-11(10)14/h4-7,12H,3,8-9,15H2,1-2H3,(H,16,18). The van der Waals surface area contributed by atoms with Crippen LogP contribution in [0, 0.1) is 0 Å². The molecule has 1 unspecified atom stereocenters. The predicted molar refractivity (Wildman–Crippen MR) is 77.3 cm³/mol. The van der Waals surface area contributed by atoms with E-state index in [0.29, 0.717) is 19.6 Å². The Morgan fingerprint density at radius 2 is 2.17 bits per heavy atom. The van der Waals surface area contributed by atoms with E-state index < -0.39 is 0 Å². The van der Waals surface area contributed by atoms with Gasteiger partial charge >= 0.3 is 0 Å². The van der Waals surface area contributed by atoms with Gasteiger partial charge in [-0.25, -0.2) is 0 Å². The fraction of sp³-hybridized carbons (Fsp3) is 0.462. The number of benzene rings is 1. The molecule has 0 bridgehead atoms. The lowest BCUT2D eigenvalue weighted by Gasteiger charge is -2.27. The van der Waals surface area contributed by atoms with Crippen LogP contribution in [-0.2, 0) is 4.79 Å². The highest BCUT2D eigenvalue weighted by atomic mass is 79.9. The highest BCUT2D eigenvalue weighted by Crippen LogP contribution is 2.25. The second-order valence-corrected chi connectivity index (χ2v) is 5.00. The summed E-state index contributed by atoms with van der Waals surface area (Å²) in [7, 11) is 1.91. The van der Waals surface area contributed by atoms with E-state index in [4.69, 9.17) is 5.73 Å². The first-order valence-electron chi connectivity index (χ1n) is 6.01. The minimum atomic E-state index is 0.0190. The van der Waals surface area contributed by atoms with E-state index in [0.717, 1.165) is 10.0 Å². The van der Waals surface area contributed by atoms with Crippen LogP contribution in [0.2, 0.25) is 0 Å². The molecule has 100 valence electrons. The molecule has 0 saturated heterocycles. The second-order valence-electron chi connectivity index (χ2n) is 4.14. The Morgan fingerprint density at radius 3 is 2.72 bits per heavy atom. The molecule has 5 heteroatoms. The van der Waals surface area contributed by atoms with Gasteiger partial charge in [-0.05, 0) is 25.6 Å². The Labute approximate surface area is 117 Å². The van der Waals surface area contributed by atoms with Gasteiger partial charge in [-0.2, -0.15) is 0 Å². The summed E-state index contributed by atoms with van der Waals surface area (Å²) < 4.78 is 1.02. The Hall–Kier alpha value is -0.910. The van der Waals surface area contributed by atoms with E-state index in [1.165, 1.54) is 0 Å². The Kier molecular flexibility index (Phi) is 6.32. The maximum atomic E-state index is 11.6. The van der Waals surface area contributed by atoms with E-state index in [1.807, 2.05) is 43.1 Å². The molecule has 4 nitrogen and oxygen atoms in total. The molecule has 0 aliphatic carbocycles. The summed E-state index contributed by atoms with van der Waals surface area (Å²) in [6.07, 6.45) is 0. The number of nitrogens with one attached hydrogen (secondary N) is 1. The number of carbonyl (C=O) groups excluding carboxylic acids is 1. The fourth-order valence-electron chi connectivity index (χ4n) is 1.88. The number of likely N-dealkylation sites (N-methyl/N-ethyl adjacent to an activating group) is 2. The van der Waals surface area contributed by atoms with Gasteiger partial charge in [0.1, 0.15) is 0 Å². The van der Waals surface area contributed by atoms with Crippen molar-refractivity contribution < 1.29 is 4.79 Å². The first-order chi connectivity index (χ1) is 8.60. The van der Waals surface area contributed by atoms with E-state index in [2.05, 4.69) is 21.2 Å². The molecule has 1 atom stereocenters. The van der Waals surface area contributed by atoms with Crippen molar-refractivity contribution in [2.45, 2.75) is 13.0 Å². The number of nitrogens with two attached hydrogens (primary N) is 1. The van der Waals surface area contributed by atoms with Crippen molar-refractivity contribution in [2.24, 2.45) is 5.73 Å². The number of amides is 1. The molecule has 1 rings (SSSR count). The molecule has 0 aliphatic heterocycles. The predicted octanol–water partition coefficient (Wildman–Crippen LogP) is 1.52. The summed E-state index contributed by atoms with van der Waals surface area (Å²) >= 11 is 3.52. The van der Waals surface area contributed by atoms with Crippen LogP contribution in [0.5, 0.6) is 0 Å². The fourth-order valence-corrected chi connectivity index (χ4v) is 2.43. The van der Waals surface area contributed by atoms with Crippen LogP contribution in [0.3, 0.4) is 0 Å². The lowest BCUT2D eigenvalue weighted by Crippen LogP contribution is -2.39. The van der Waals surface area contributed by atoms with Gasteiger partial charge in [0, 0.05) is 23.6 Å². The maximum Gasteiger partial charge on any atom is 0.234 e. The van der Waals surface area contributed by atoms with Crippen LogP contribution >= 0.6 is 15.9 Å². The third kappa shape index (κ3) is 4.08. The minimum absolute atomic E-state index is 0.0190. The average molecular weight is 314 g/mol. The number of nitrogens with zero attached hydrogens (tertiary/aromatic N) is 1. The minimum Gasteiger partial charge on any atom is -0.355 e. The van der Waals surface area contributed by atoms with Crippen molar-refractivity contribution in [2.75, 3.05) is 26.7 Å². The van der Waals surface area contributed by atoms with Crippen LogP contribution in [0.25, 0.3) is 0 Å². The van der Waals surface area contributed by atoms with E-state index >= 15 is 0 Å². The molecule has 0 aromatic heterocycles. The molecule has 18 heavy (non-hydrogen) atoms. The van der Waals surface area contributed by atoms with Gasteiger partial charge in [0.05, 0.1) is 6.54 Å². The molecular formula is C13H20BrN3O. The van der Waals surface area contributed by atoms with E-state index in [1.54, 1.807) is 0 Å². The van der Waals surface area contributed by atoms with Gasteiger partial charge < -0.3 is 11.1 Å². The van der Waals surface area contributed by atoms with Crippen LogP contribution in [-0.4, -0.2) is 37.5 Å². The van der Waals surface area contributed by atoms with E-state index in [-0.39, 0.29) is 11.9 Å². The summed E-state index contributed by atoms with van der Waals surface area (Å²) in [6.45, 7) is 3.37. The second kappa shape index (κ2) is 7.51. The highest BCUT2D eigenvalue weighted by molar-refractivity contribution is 9.10. The zero-order chi connectivity index (χ0) is 13.5. The first kappa shape index (κ1) is 15.1. The van der Waals surface area contributed by atoms with Gasteiger partial charge in [0.25, 0.3) is 0 Å². The summed E-state index contributed by atoms with van der Waals surface area (Å²) in [6, 6.07) is 7.98. The summed E-state index contributed by atoms with van der Waals surface area (Å²) in [5.41, 5.74) is 6.93. The number of hydrogen-bond donors (Lipinski definition) is 2. The molecule has 0 heterocycles. The number of halogens is 1. The van der Waals surface area contributed by atoms with Gasteiger partial charge in [-0.15, -0.1) is 0 Å². The van der Waals surface area contributed by atoms with E-state index in [9.17, 15) is 4.79 Å². The third-order valence-corrected chi connectivity index (χ3v) is 3.51. The lowest BCUT2D eigenvalue weighted by atomic mass is 10.1. The SMILES string of the molecule is CCNC(=O)CN(C)C(CN)c1ccccc1Br. The number of hydrogen-bond acceptors (Lipinski definition) is 3. The van der Waals surface area contributed by atoms with Crippen molar-refractivity contribution in [3.05, 3.63) is 34.3 Å². The molecule has 3 N–H and O–H groups in total. The molecule has 1 aromatic rings. The molecule has 1 amide bonds.